The van der Waals surface area contributed by atoms with E-state index < -0.39 is 17.1 Å². The highest BCUT2D eigenvalue weighted by Gasteiger charge is 2.24. The first-order chi connectivity index (χ1) is 25.8. The molecule has 6 rings (SSSR count). The maximum Gasteiger partial charge on any atom is 0.272 e. The smallest absolute Gasteiger partial charge is 0.272 e. The fourth-order valence-electron chi connectivity index (χ4n) is 5.33. The Morgan fingerprint density at radius 2 is 1.45 bits per heavy atom. The van der Waals surface area contributed by atoms with Gasteiger partial charge in [0.2, 0.25) is 5.91 Å². The highest BCUT2D eigenvalue weighted by atomic mass is 32.2. The number of nitrogens with zero attached hydrogens (tertiary/aromatic N) is 1. The van der Waals surface area contributed by atoms with E-state index in [-0.39, 0.29) is 11.6 Å². The summed E-state index contributed by atoms with van der Waals surface area (Å²) in [4.78, 5) is 45.9. The summed E-state index contributed by atoms with van der Waals surface area (Å²) in [6, 6.07) is 38.6. The van der Waals surface area contributed by atoms with Crippen LogP contribution >= 0.6 is 23.1 Å². The van der Waals surface area contributed by atoms with Crippen LogP contribution in [0.1, 0.15) is 32.3 Å². The minimum atomic E-state index is -0.595. The summed E-state index contributed by atoms with van der Waals surface area (Å²) < 4.78 is 10.8. The van der Waals surface area contributed by atoms with Gasteiger partial charge >= 0.3 is 0 Å². The number of ether oxygens (including phenoxy) is 2. The number of carbonyl (C=O) groups excluding carboxylic acids is 3. The number of hydrogen-bond acceptors (Lipinski definition) is 8. The van der Waals surface area contributed by atoms with Gasteiger partial charge in [-0.2, -0.15) is 0 Å². The molecule has 266 valence electrons. The molecule has 5 aromatic carbocycles. The number of nitrogens with one attached hydrogen (secondary N) is 3. The minimum absolute atomic E-state index is 0.101. The van der Waals surface area contributed by atoms with Crippen LogP contribution in [0.4, 0.5) is 10.8 Å². The van der Waals surface area contributed by atoms with Crippen LogP contribution in [0.5, 0.6) is 11.5 Å². The van der Waals surface area contributed by atoms with Crippen molar-refractivity contribution in [2.75, 3.05) is 24.9 Å². The third-order valence-corrected chi connectivity index (χ3v) is 10.2. The maximum atomic E-state index is 13.8. The molecular weight excluding hydrogens is 705 g/mol. The normalized spacial score (nSPS) is 11.6. The number of amides is 3. The Labute approximate surface area is 316 Å². The van der Waals surface area contributed by atoms with Crippen LogP contribution in [-0.4, -0.2) is 36.9 Å². The van der Waals surface area contributed by atoms with Gasteiger partial charge in [0.15, 0.2) is 16.6 Å². The molecule has 11 heteroatoms. The van der Waals surface area contributed by atoms with Crippen molar-refractivity contribution in [1.82, 2.24) is 10.3 Å². The van der Waals surface area contributed by atoms with Gasteiger partial charge in [0.05, 0.1) is 19.9 Å². The Morgan fingerprint density at radius 3 is 2.15 bits per heavy atom. The number of benzene rings is 5. The van der Waals surface area contributed by atoms with E-state index in [1.165, 1.54) is 23.1 Å². The lowest BCUT2D eigenvalue weighted by atomic mass is 10.1. The summed E-state index contributed by atoms with van der Waals surface area (Å²) in [5.74, 6) is 0.101. The third kappa shape index (κ3) is 9.39. The van der Waals surface area contributed by atoms with E-state index in [1.807, 2.05) is 103 Å². The number of thiazole rings is 1. The van der Waals surface area contributed by atoms with Gasteiger partial charge in [-0.25, -0.2) is 4.98 Å². The average molecular weight is 741 g/mol. The molecule has 0 saturated carbocycles. The molecule has 1 unspecified atom stereocenters. The molecular formula is C42H36N4O5S2. The number of hydrogen-bond donors (Lipinski definition) is 3. The maximum absolute atomic E-state index is 13.8. The highest BCUT2D eigenvalue weighted by molar-refractivity contribution is 8.00. The summed E-state index contributed by atoms with van der Waals surface area (Å²) in [6.45, 7) is 1.94. The van der Waals surface area contributed by atoms with Crippen molar-refractivity contribution in [1.29, 1.82) is 0 Å². The van der Waals surface area contributed by atoms with Gasteiger partial charge in [0, 0.05) is 27.1 Å². The Kier molecular flexibility index (Phi) is 12.0. The van der Waals surface area contributed by atoms with Crippen LogP contribution in [0.2, 0.25) is 0 Å². The SMILES string of the molecule is COc1ccc(-c2csc(NC(=O)C(Sc3ccc(NC(=O)/C(=C/c4ccccc4C)NC(=O)c4ccccc4)cc3)c3ccccc3)n2)cc1OC. The molecule has 0 spiro atoms. The minimum Gasteiger partial charge on any atom is -0.493 e. The number of anilines is 2. The van der Waals surface area contributed by atoms with Crippen molar-refractivity contribution in [2.24, 2.45) is 0 Å². The lowest BCUT2D eigenvalue weighted by molar-refractivity contribution is -0.116. The third-order valence-electron chi connectivity index (χ3n) is 8.14. The zero-order valence-corrected chi connectivity index (χ0v) is 30.8. The quantitative estimate of drug-likeness (QED) is 0.0799. The predicted octanol–water partition coefficient (Wildman–Crippen LogP) is 9.02. The van der Waals surface area contributed by atoms with Gasteiger partial charge in [-0.15, -0.1) is 23.1 Å². The average Bonchev–Trinajstić information content (AvgIpc) is 3.66. The lowest BCUT2D eigenvalue weighted by Gasteiger charge is -2.17. The topological polar surface area (TPSA) is 119 Å². The first-order valence-corrected chi connectivity index (χ1v) is 18.3. The molecule has 3 amide bonds. The van der Waals surface area contributed by atoms with Crippen molar-refractivity contribution < 1.29 is 23.9 Å². The summed E-state index contributed by atoms with van der Waals surface area (Å²) >= 11 is 2.71. The zero-order chi connectivity index (χ0) is 37.2. The van der Waals surface area contributed by atoms with E-state index in [0.29, 0.717) is 33.6 Å². The molecule has 0 aliphatic carbocycles. The Balaban J connectivity index is 1.17. The fraction of sp³-hybridized carbons (Fsp3) is 0.0952. The van der Waals surface area contributed by atoms with Gasteiger partial charge in [0.25, 0.3) is 11.8 Å². The second kappa shape index (κ2) is 17.4. The van der Waals surface area contributed by atoms with E-state index in [1.54, 1.807) is 56.7 Å². The molecule has 0 radical (unpaired) electrons. The second-order valence-corrected chi connectivity index (χ2v) is 13.8. The second-order valence-electron chi connectivity index (χ2n) is 11.7. The number of aryl methyl sites for hydroxylation is 1. The summed E-state index contributed by atoms with van der Waals surface area (Å²) in [5.41, 5.74) is 5.17. The van der Waals surface area contributed by atoms with E-state index in [4.69, 9.17) is 9.47 Å². The van der Waals surface area contributed by atoms with Crippen LogP contribution in [0.25, 0.3) is 17.3 Å². The van der Waals surface area contributed by atoms with Crippen LogP contribution < -0.4 is 25.4 Å². The van der Waals surface area contributed by atoms with Crippen LogP contribution in [0, 0.1) is 6.92 Å². The van der Waals surface area contributed by atoms with Crippen molar-refractivity contribution >= 4 is 57.7 Å². The molecule has 0 aliphatic heterocycles. The van der Waals surface area contributed by atoms with Gasteiger partial charge in [0.1, 0.15) is 10.9 Å². The molecule has 53 heavy (non-hydrogen) atoms. The highest BCUT2D eigenvalue weighted by Crippen LogP contribution is 2.38. The molecule has 0 saturated heterocycles. The van der Waals surface area contributed by atoms with Gasteiger partial charge in [-0.05, 0) is 84.3 Å². The standard InChI is InChI=1S/C42H36N4O5S2/c1-27-12-10-11-17-30(27)24-34(44-39(47)29-15-8-5-9-16-29)40(48)43-32-19-21-33(22-20-32)53-38(28-13-6-4-7-14-28)41(49)46-42-45-35(26-52-42)31-18-23-36(50-2)37(25-31)51-3/h4-26,38H,1-3H3,(H,43,48)(H,44,47)(H,45,46,49)/b34-24-. The number of methoxy groups -OCH3 is 2. The molecule has 9 nitrogen and oxygen atoms in total. The van der Waals surface area contributed by atoms with Gasteiger partial charge in [-0.1, -0.05) is 72.8 Å². The van der Waals surface area contributed by atoms with E-state index in [0.717, 1.165) is 27.1 Å². The van der Waals surface area contributed by atoms with Gasteiger partial charge in [-0.3, -0.25) is 14.4 Å². The van der Waals surface area contributed by atoms with E-state index in [2.05, 4.69) is 20.9 Å². The van der Waals surface area contributed by atoms with Crippen LogP contribution in [0.15, 0.2) is 143 Å². The monoisotopic (exact) mass is 740 g/mol. The molecule has 3 N–H and O–H groups in total. The largest absolute Gasteiger partial charge is 0.493 e. The first kappa shape index (κ1) is 36.6. The van der Waals surface area contributed by atoms with E-state index in [9.17, 15) is 14.4 Å². The number of rotatable bonds is 13. The lowest BCUT2D eigenvalue weighted by Crippen LogP contribution is -2.30. The Hall–Kier alpha value is -6.17. The summed E-state index contributed by atoms with van der Waals surface area (Å²) in [5, 5.41) is 10.4. The molecule has 6 aromatic rings. The number of thioether (sulfide) groups is 1. The molecule has 1 aromatic heterocycles. The molecule has 1 atom stereocenters. The Bertz CT molecular complexity index is 2240. The van der Waals surface area contributed by atoms with E-state index >= 15 is 0 Å². The van der Waals surface area contributed by atoms with Crippen LogP contribution in [0.3, 0.4) is 0 Å². The predicted molar refractivity (Wildman–Crippen MR) is 212 cm³/mol. The fourth-order valence-corrected chi connectivity index (χ4v) is 7.08. The zero-order valence-electron chi connectivity index (χ0n) is 29.2. The molecule has 0 fully saturated rings. The van der Waals surface area contributed by atoms with Crippen molar-refractivity contribution in [3.05, 3.63) is 161 Å². The van der Waals surface area contributed by atoms with Crippen LogP contribution in [-0.2, 0) is 9.59 Å². The number of carbonyl (C=O) groups is 3. The molecule has 0 bridgehead atoms. The van der Waals surface area contributed by atoms with Crippen molar-refractivity contribution in [3.8, 4) is 22.8 Å². The summed E-state index contributed by atoms with van der Waals surface area (Å²) in [6.07, 6.45) is 1.66. The summed E-state index contributed by atoms with van der Waals surface area (Å²) in [7, 11) is 3.16. The van der Waals surface area contributed by atoms with Crippen molar-refractivity contribution in [3.63, 3.8) is 0 Å². The Morgan fingerprint density at radius 1 is 0.774 bits per heavy atom. The molecule has 0 aliphatic rings. The molecule has 1 heterocycles. The van der Waals surface area contributed by atoms with Crippen molar-refractivity contribution in [2.45, 2.75) is 17.1 Å². The number of aromatic nitrogens is 1. The van der Waals surface area contributed by atoms with Gasteiger partial charge < -0.3 is 25.4 Å². The first-order valence-electron chi connectivity index (χ1n) is 16.6.